The van der Waals surface area contributed by atoms with E-state index in [0.717, 1.165) is 56.6 Å². The summed E-state index contributed by atoms with van der Waals surface area (Å²) in [7, 11) is 4.26. The number of aromatic amines is 1. The van der Waals surface area contributed by atoms with Crippen LogP contribution in [0.3, 0.4) is 0 Å². The number of carbonyl (C=O) groups excluding carboxylic acids is 1. The quantitative estimate of drug-likeness (QED) is 0.693. The molecule has 2 heterocycles. The van der Waals surface area contributed by atoms with Gasteiger partial charge in [0.15, 0.2) is 5.82 Å². The van der Waals surface area contributed by atoms with E-state index in [1.165, 1.54) is 17.3 Å². The summed E-state index contributed by atoms with van der Waals surface area (Å²) in [6, 6.07) is 8.37. The van der Waals surface area contributed by atoms with Crippen molar-refractivity contribution in [2.45, 2.75) is 51.5 Å². The van der Waals surface area contributed by atoms with Crippen LogP contribution in [0, 0.1) is 16.7 Å². The Morgan fingerprint density at radius 2 is 2.00 bits per heavy atom. The van der Waals surface area contributed by atoms with Crippen molar-refractivity contribution in [2.24, 2.45) is 5.41 Å². The first-order valence-corrected chi connectivity index (χ1v) is 11.6. The molecule has 4 rings (SSSR count). The van der Waals surface area contributed by atoms with Gasteiger partial charge < -0.3 is 15.0 Å². The molecule has 1 aromatic heterocycles. The zero-order chi connectivity index (χ0) is 23.6. The molecule has 1 amide bonds. The largest absolute Gasteiger partial charge is 0.381 e. The second-order valence-electron chi connectivity index (χ2n) is 10.1. The Hall–Kier alpha value is -2.95. The number of hydrogen-bond donors (Lipinski definition) is 2. The van der Waals surface area contributed by atoms with Crippen LogP contribution in [0.5, 0.6) is 0 Å². The lowest BCUT2D eigenvalue weighted by Gasteiger charge is -2.43. The number of carbonyl (C=O) groups is 1. The van der Waals surface area contributed by atoms with E-state index < -0.39 is 0 Å². The maximum absolute atomic E-state index is 12.9. The van der Waals surface area contributed by atoms with Crippen molar-refractivity contribution in [1.29, 1.82) is 5.26 Å². The predicted octanol–water partition coefficient (Wildman–Crippen LogP) is 4.69. The van der Waals surface area contributed by atoms with Gasteiger partial charge in [0.25, 0.3) is 5.91 Å². The minimum absolute atomic E-state index is 0.0905. The third-order valence-electron chi connectivity index (χ3n) is 7.21. The van der Waals surface area contributed by atoms with E-state index in [1.54, 1.807) is 0 Å². The van der Waals surface area contributed by atoms with E-state index >= 15 is 0 Å². The van der Waals surface area contributed by atoms with Gasteiger partial charge in [0.05, 0.1) is 6.20 Å². The third kappa shape index (κ3) is 4.73. The Balaban J connectivity index is 1.74. The van der Waals surface area contributed by atoms with Gasteiger partial charge in [-0.2, -0.15) is 5.26 Å². The lowest BCUT2D eigenvalue weighted by molar-refractivity contribution is -0.0105. The van der Waals surface area contributed by atoms with Crippen LogP contribution in [-0.4, -0.2) is 48.1 Å². The maximum Gasteiger partial charge on any atom is 0.291 e. The molecule has 1 aliphatic carbocycles. The van der Waals surface area contributed by atoms with E-state index in [4.69, 9.17) is 10.00 Å². The van der Waals surface area contributed by atoms with Gasteiger partial charge in [-0.25, -0.2) is 4.98 Å². The number of amides is 1. The number of benzene rings is 1. The van der Waals surface area contributed by atoms with Crippen LogP contribution in [0.4, 0.5) is 5.69 Å². The number of nitrogens with one attached hydrogen (secondary N) is 2. The molecule has 0 bridgehead atoms. The number of nitrogens with zero attached hydrogens (tertiary/aromatic N) is 3. The summed E-state index contributed by atoms with van der Waals surface area (Å²) in [4.78, 5) is 22.0. The number of imidazole rings is 1. The maximum atomic E-state index is 12.9. The highest BCUT2D eigenvalue weighted by Crippen LogP contribution is 2.43. The molecule has 1 saturated heterocycles. The predicted molar refractivity (Wildman–Crippen MR) is 129 cm³/mol. The molecule has 0 unspecified atom stereocenters. The van der Waals surface area contributed by atoms with Crippen LogP contribution >= 0.6 is 0 Å². The first kappa shape index (κ1) is 23.2. The van der Waals surface area contributed by atoms with Crippen molar-refractivity contribution < 1.29 is 9.53 Å². The summed E-state index contributed by atoms with van der Waals surface area (Å²) in [5.74, 6) is -0.217. The zero-order valence-electron chi connectivity index (χ0n) is 20.0. The van der Waals surface area contributed by atoms with Crippen LogP contribution in [0.2, 0.25) is 0 Å². The Labute approximate surface area is 195 Å². The fourth-order valence-corrected chi connectivity index (χ4v) is 4.91. The molecule has 2 aliphatic rings. The molecule has 0 atom stereocenters. The second-order valence-corrected chi connectivity index (χ2v) is 10.1. The molecule has 0 spiro atoms. The summed E-state index contributed by atoms with van der Waals surface area (Å²) in [6.45, 7) is 6.07. The Bertz CT molecular complexity index is 1100. The van der Waals surface area contributed by atoms with Gasteiger partial charge in [0.2, 0.25) is 0 Å². The fraction of sp³-hybridized carbons (Fsp3) is 0.500. The van der Waals surface area contributed by atoms with Crippen molar-refractivity contribution in [3.05, 3.63) is 53.1 Å². The number of rotatable bonds is 5. The summed E-state index contributed by atoms with van der Waals surface area (Å²) in [5.41, 5.74) is 4.82. The average Bonchev–Trinajstić information content (AvgIpc) is 3.29. The molecule has 1 fully saturated rings. The van der Waals surface area contributed by atoms with Gasteiger partial charge in [-0.1, -0.05) is 26.0 Å². The zero-order valence-corrected chi connectivity index (χ0v) is 20.0. The third-order valence-corrected chi connectivity index (χ3v) is 7.21. The van der Waals surface area contributed by atoms with E-state index in [0.29, 0.717) is 0 Å². The van der Waals surface area contributed by atoms with Crippen LogP contribution in [0.25, 0.3) is 5.57 Å². The highest BCUT2D eigenvalue weighted by molar-refractivity contribution is 6.03. The monoisotopic (exact) mass is 447 g/mol. The highest BCUT2D eigenvalue weighted by Gasteiger charge is 2.37. The van der Waals surface area contributed by atoms with Gasteiger partial charge in [-0.15, -0.1) is 0 Å². The molecule has 33 heavy (non-hydrogen) atoms. The summed E-state index contributed by atoms with van der Waals surface area (Å²) in [6.07, 6.45) is 8.64. The van der Waals surface area contributed by atoms with E-state index in [-0.39, 0.29) is 28.4 Å². The van der Waals surface area contributed by atoms with Crippen LogP contribution in [-0.2, 0) is 10.3 Å². The van der Waals surface area contributed by atoms with Gasteiger partial charge >= 0.3 is 0 Å². The van der Waals surface area contributed by atoms with Crippen LogP contribution < -0.4 is 5.32 Å². The smallest absolute Gasteiger partial charge is 0.291 e. The molecule has 7 nitrogen and oxygen atoms in total. The first-order valence-electron chi connectivity index (χ1n) is 11.6. The number of hydrogen-bond acceptors (Lipinski definition) is 5. The van der Waals surface area contributed by atoms with E-state index in [9.17, 15) is 4.79 Å². The minimum Gasteiger partial charge on any atom is -0.381 e. The fourth-order valence-electron chi connectivity index (χ4n) is 4.91. The highest BCUT2D eigenvalue weighted by atomic mass is 16.5. The Morgan fingerprint density at radius 1 is 1.24 bits per heavy atom. The van der Waals surface area contributed by atoms with E-state index in [2.05, 4.69) is 66.3 Å². The number of aromatic nitrogens is 2. The molecule has 174 valence electrons. The summed E-state index contributed by atoms with van der Waals surface area (Å²) in [5, 5.41) is 12.1. The lowest BCUT2D eigenvalue weighted by Crippen LogP contribution is -2.45. The molecule has 1 aliphatic heterocycles. The molecular formula is C26H33N5O2. The van der Waals surface area contributed by atoms with Crippen LogP contribution in [0.15, 0.2) is 30.5 Å². The number of anilines is 1. The van der Waals surface area contributed by atoms with Gasteiger partial charge in [-0.05, 0) is 74.9 Å². The van der Waals surface area contributed by atoms with Crippen molar-refractivity contribution in [2.75, 3.05) is 32.6 Å². The van der Waals surface area contributed by atoms with Gasteiger partial charge in [0, 0.05) is 30.0 Å². The molecular weight excluding hydrogens is 414 g/mol. The first-order chi connectivity index (χ1) is 15.7. The number of ether oxygens (including phenoxy) is 1. The lowest BCUT2D eigenvalue weighted by atomic mass is 9.75. The van der Waals surface area contributed by atoms with Gasteiger partial charge in [0.1, 0.15) is 11.8 Å². The number of allylic oxidation sites excluding steroid dienone is 2. The molecule has 2 N–H and O–H groups in total. The molecule has 0 radical (unpaired) electrons. The van der Waals surface area contributed by atoms with E-state index in [1.807, 2.05) is 12.1 Å². The second kappa shape index (κ2) is 9.12. The van der Waals surface area contributed by atoms with Crippen LogP contribution in [0.1, 0.15) is 73.4 Å². The Morgan fingerprint density at radius 3 is 2.61 bits per heavy atom. The van der Waals surface area contributed by atoms with Crippen molar-refractivity contribution in [3.8, 4) is 6.07 Å². The molecule has 7 heteroatoms. The SMILES string of the molecule is CN(C)C1(c2ccc(NC(=O)c3ncc(C#N)[nH]3)c(C3=CCC(C)(C)CC3)c2)CCOCC1. The minimum atomic E-state index is -0.351. The summed E-state index contributed by atoms with van der Waals surface area (Å²) < 4.78 is 5.67. The van der Waals surface area contributed by atoms with Crippen molar-refractivity contribution in [1.82, 2.24) is 14.9 Å². The number of nitriles is 1. The standard InChI is InChI=1S/C26H33N5O2/c1-25(2)9-7-18(8-10-25)21-15-19(26(31(3)4)11-13-33-14-12-26)5-6-22(21)30-24(32)23-28-17-20(16-27)29-23/h5-7,15,17H,8-14H2,1-4H3,(H,28,29)(H,30,32). The van der Waals surface area contributed by atoms with Gasteiger partial charge in [-0.3, -0.25) is 9.69 Å². The normalized spacial score (nSPS) is 19.6. The average molecular weight is 448 g/mol. The number of H-pyrrole nitrogens is 1. The molecule has 0 saturated carbocycles. The summed E-state index contributed by atoms with van der Waals surface area (Å²) >= 11 is 0. The van der Waals surface area contributed by atoms with Crippen molar-refractivity contribution >= 4 is 17.2 Å². The molecule has 2 aromatic rings. The Kier molecular flexibility index (Phi) is 6.42. The van der Waals surface area contributed by atoms with Crippen molar-refractivity contribution in [3.63, 3.8) is 0 Å². The molecule has 1 aromatic carbocycles. The topological polar surface area (TPSA) is 94.0 Å².